The van der Waals surface area contributed by atoms with E-state index in [-0.39, 0.29) is 6.10 Å². The van der Waals surface area contributed by atoms with Gasteiger partial charge in [0.2, 0.25) is 0 Å². The van der Waals surface area contributed by atoms with Crippen LogP contribution in [0.25, 0.3) is 0 Å². The molecule has 0 amide bonds. The molecule has 2 rings (SSSR count). The number of aliphatic hydroxyl groups excluding tert-OH is 1. The topological polar surface area (TPSA) is 29.5 Å². The summed E-state index contributed by atoms with van der Waals surface area (Å²) in [6.45, 7) is 0. The normalized spacial score (nSPS) is 24.7. The summed E-state index contributed by atoms with van der Waals surface area (Å²) in [5.74, 6) is 1.31. The number of methoxy groups -OCH3 is 1. The maximum absolute atomic E-state index is 9.83. The van der Waals surface area contributed by atoms with Gasteiger partial charge in [0.15, 0.2) is 0 Å². The largest absolute Gasteiger partial charge is 0.496 e. The molecule has 1 aliphatic rings. The molecular formula is C13H17BrO2. The molecule has 2 atom stereocenters. The highest BCUT2D eigenvalue weighted by molar-refractivity contribution is 9.10. The van der Waals surface area contributed by atoms with Gasteiger partial charge in [0.1, 0.15) is 5.75 Å². The lowest BCUT2D eigenvalue weighted by Crippen LogP contribution is -2.15. The number of aliphatic hydroxyl groups is 1. The third-order valence-corrected chi connectivity index (χ3v) is 3.84. The van der Waals surface area contributed by atoms with Crippen LogP contribution in [0.5, 0.6) is 5.75 Å². The van der Waals surface area contributed by atoms with Crippen molar-refractivity contribution in [3.63, 3.8) is 0 Å². The first-order valence-corrected chi connectivity index (χ1v) is 6.50. The van der Waals surface area contributed by atoms with E-state index in [1.807, 2.05) is 12.1 Å². The van der Waals surface area contributed by atoms with Gasteiger partial charge in [-0.3, -0.25) is 0 Å². The highest BCUT2D eigenvalue weighted by atomic mass is 79.9. The monoisotopic (exact) mass is 284 g/mol. The Kier molecular flexibility index (Phi) is 3.87. The Bertz CT molecular complexity index is 365. The van der Waals surface area contributed by atoms with E-state index >= 15 is 0 Å². The Hall–Kier alpha value is -0.540. The molecule has 1 N–H and O–H groups in total. The molecule has 1 aliphatic carbocycles. The highest BCUT2D eigenvalue weighted by Gasteiger charge is 2.26. The second kappa shape index (κ2) is 5.19. The van der Waals surface area contributed by atoms with Crippen molar-refractivity contribution in [3.8, 4) is 5.75 Å². The summed E-state index contributed by atoms with van der Waals surface area (Å²) in [6.07, 6.45) is 3.98. The zero-order chi connectivity index (χ0) is 11.5. The maximum atomic E-state index is 9.83. The molecule has 0 spiro atoms. The molecule has 0 radical (unpaired) electrons. The molecule has 0 bridgehead atoms. The van der Waals surface area contributed by atoms with Gasteiger partial charge in [-0.2, -0.15) is 0 Å². The van der Waals surface area contributed by atoms with Crippen LogP contribution in [0.4, 0.5) is 0 Å². The smallest absolute Gasteiger partial charge is 0.122 e. The minimum Gasteiger partial charge on any atom is -0.496 e. The molecule has 1 aromatic rings. The van der Waals surface area contributed by atoms with Crippen molar-refractivity contribution in [2.75, 3.05) is 7.11 Å². The number of halogens is 1. The molecule has 16 heavy (non-hydrogen) atoms. The Morgan fingerprint density at radius 3 is 2.88 bits per heavy atom. The lowest BCUT2D eigenvalue weighted by Gasteiger charge is -2.16. The first-order valence-electron chi connectivity index (χ1n) is 5.71. The Morgan fingerprint density at radius 1 is 1.44 bits per heavy atom. The zero-order valence-corrected chi connectivity index (χ0v) is 11.0. The van der Waals surface area contributed by atoms with Crippen LogP contribution in [-0.2, 0) is 6.42 Å². The van der Waals surface area contributed by atoms with Crippen molar-refractivity contribution in [2.45, 2.75) is 31.8 Å². The van der Waals surface area contributed by atoms with E-state index in [1.54, 1.807) is 7.11 Å². The van der Waals surface area contributed by atoms with Gasteiger partial charge in [-0.25, -0.2) is 0 Å². The van der Waals surface area contributed by atoms with Gasteiger partial charge in [0, 0.05) is 4.47 Å². The standard InChI is InChI=1S/C13H17BrO2/c1-16-13-6-5-11(14)8-10(13)7-9-3-2-4-12(9)15/h5-6,8-9,12,15H,2-4,7H2,1H3. The highest BCUT2D eigenvalue weighted by Crippen LogP contribution is 2.32. The van der Waals surface area contributed by atoms with Crippen LogP contribution in [-0.4, -0.2) is 18.3 Å². The van der Waals surface area contributed by atoms with E-state index in [0.29, 0.717) is 5.92 Å². The van der Waals surface area contributed by atoms with Crippen molar-refractivity contribution in [3.05, 3.63) is 28.2 Å². The first kappa shape index (κ1) is 11.9. The number of rotatable bonds is 3. The van der Waals surface area contributed by atoms with E-state index in [4.69, 9.17) is 4.74 Å². The Morgan fingerprint density at radius 2 is 2.25 bits per heavy atom. The first-order chi connectivity index (χ1) is 7.70. The molecule has 0 aliphatic heterocycles. The third-order valence-electron chi connectivity index (χ3n) is 3.34. The quantitative estimate of drug-likeness (QED) is 0.924. The summed E-state index contributed by atoms with van der Waals surface area (Å²) >= 11 is 3.47. The van der Waals surface area contributed by atoms with Crippen LogP contribution in [0, 0.1) is 5.92 Å². The average molecular weight is 285 g/mol. The lowest BCUT2D eigenvalue weighted by molar-refractivity contribution is 0.132. The summed E-state index contributed by atoms with van der Waals surface area (Å²) in [6, 6.07) is 6.04. The van der Waals surface area contributed by atoms with Gasteiger partial charge < -0.3 is 9.84 Å². The SMILES string of the molecule is COc1ccc(Br)cc1CC1CCCC1O. The lowest BCUT2D eigenvalue weighted by atomic mass is 9.96. The molecule has 0 heterocycles. The molecule has 1 aromatic carbocycles. The van der Waals surface area contributed by atoms with Gasteiger partial charge in [0.25, 0.3) is 0 Å². The van der Waals surface area contributed by atoms with Crippen LogP contribution < -0.4 is 4.74 Å². The minimum atomic E-state index is -0.135. The fourth-order valence-corrected chi connectivity index (χ4v) is 2.85. The summed E-state index contributed by atoms with van der Waals surface area (Å²) < 4.78 is 6.41. The summed E-state index contributed by atoms with van der Waals surface area (Å²) in [7, 11) is 1.69. The molecule has 1 saturated carbocycles. The fourth-order valence-electron chi connectivity index (χ4n) is 2.44. The van der Waals surface area contributed by atoms with E-state index in [2.05, 4.69) is 22.0 Å². The predicted octanol–water partition coefficient (Wildman–Crippen LogP) is 3.16. The second-order valence-corrected chi connectivity index (χ2v) is 5.33. The van der Waals surface area contributed by atoms with Crippen molar-refractivity contribution >= 4 is 15.9 Å². The van der Waals surface area contributed by atoms with Crippen LogP contribution in [0.2, 0.25) is 0 Å². The molecule has 0 saturated heterocycles. The van der Waals surface area contributed by atoms with Gasteiger partial charge >= 0.3 is 0 Å². The van der Waals surface area contributed by atoms with Crippen molar-refractivity contribution in [1.29, 1.82) is 0 Å². The molecule has 3 heteroatoms. The molecule has 2 nitrogen and oxygen atoms in total. The van der Waals surface area contributed by atoms with E-state index in [0.717, 1.165) is 35.9 Å². The minimum absolute atomic E-state index is 0.135. The zero-order valence-electron chi connectivity index (χ0n) is 9.45. The number of benzene rings is 1. The Labute approximate surface area is 105 Å². The predicted molar refractivity (Wildman–Crippen MR) is 67.7 cm³/mol. The van der Waals surface area contributed by atoms with Crippen molar-refractivity contribution in [2.24, 2.45) is 5.92 Å². The van der Waals surface area contributed by atoms with E-state index in [1.165, 1.54) is 5.56 Å². The fraction of sp³-hybridized carbons (Fsp3) is 0.538. The average Bonchev–Trinajstić information content (AvgIpc) is 2.65. The number of ether oxygens (including phenoxy) is 1. The van der Waals surface area contributed by atoms with Crippen LogP contribution in [0.3, 0.4) is 0 Å². The molecule has 88 valence electrons. The summed E-state index contributed by atoms with van der Waals surface area (Å²) in [5.41, 5.74) is 1.18. The van der Waals surface area contributed by atoms with Crippen molar-refractivity contribution < 1.29 is 9.84 Å². The molecule has 0 aromatic heterocycles. The number of hydrogen-bond acceptors (Lipinski definition) is 2. The summed E-state index contributed by atoms with van der Waals surface area (Å²) in [4.78, 5) is 0. The Balaban J connectivity index is 2.16. The van der Waals surface area contributed by atoms with Gasteiger partial charge in [-0.05, 0) is 48.9 Å². The third kappa shape index (κ3) is 2.58. The maximum Gasteiger partial charge on any atom is 0.122 e. The van der Waals surface area contributed by atoms with Crippen LogP contribution in [0.1, 0.15) is 24.8 Å². The van der Waals surface area contributed by atoms with E-state index < -0.39 is 0 Å². The van der Waals surface area contributed by atoms with Gasteiger partial charge in [0.05, 0.1) is 13.2 Å². The molecule has 2 unspecified atom stereocenters. The van der Waals surface area contributed by atoms with Gasteiger partial charge in [-0.15, -0.1) is 0 Å². The molecular weight excluding hydrogens is 268 g/mol. The van der Waals surface area contributed by atoms with Crippen LogP contribution in [0.15, 0.2) is 22.7 Å². The molecule has 1 fully saturated rings. The van der Waals surface area contributed by atoms with E-state index in [9.17, 15) is 5.11 Å². The second-order valence-electron chi connectivity index (χ2n) is 4.42. The number of hydrogen-bond donors (Lipinski definition) is 1. The summed E-state index contributed by atoms with van der Waals surface area (Å²) in [5, 5.41) is 9.83. The van der Waals surface area contributed by atoms with Crippen LogP contribution >= 0.6 is 15.9 Å². The van der Waals surface area contributed by atoms with Gasteiger partial charge in [-0.1, -0.05) is 22.4 Å². The van der Waals surface area contributed by atoms with Crippen molar-refractivity contribution in [1.82, 2.24) is 0 Å².